The maximum absolute atomic E-state index is 13.1. The van der Waals surface area contributed by atoms with Crippen LogP contribution in [-0.4, -0.2) is 15.5 Å². The van der Waals surface area contributed by atoms with Crippen molar-refractivity contribution in [2.24, 2.45) is 0 Å². The minimum atomic E-state index is -0.119. The van der Waals surface area contributed by atoms with Crippen LogP contribution in [0.1, 0.15) is 24.5 Å². The molecule has 30 heavy (non-hydrogen) atoms. The number of nitrogens with one attached hydrogen (secondary N) is 1. The van der Waals surface area contributed by atoms with Crippen molar-refractivity contribution in [3.8, 4) is 11.1 Å². The van der Waals surface area contributed by atoms with E-state index in [1.165, 1.54) is 27.8 Å². The standard InChI is InChI=1S/C24H23N3O2S/c1-3-17-6-4-5-7-20(17)26-21(28)12-13-27-15-25-23-22(24(27)29)19(14-30-23)18-10-8-16(2)9-11-18/h4-11,14-15H,3,12-13H2,1-2H3,(H,26,28). The van der Waals surface area contributed by atoms with E-state index < -0.39 is 0 Å². The summed E-state index contributed by atoms with van der Waals surface area (Å²) >= 11 is 1.46. The van der Waals surface area contributed by atoms with E-state index >= 15 is 0 Å². The molecule has 2 heterocycles. The minimum absolute atomic E-state index is 0.112. The van der Waals surface area contributed by atoms with Gasteiger partial charge < -0.3 is 5.32 Å². The largest absolute Gasteiger partial charge is 0.326 e. The van der Waals surface area contributed by atoms with Crippen LogP contribution < -0.4 is 10.9 Å². The number of hydrogen-bond donors (Lipinski definition) is 1. The molecule has 1 N–H and O–H groups in total. The third-order valence-corrected chi connectivity index (χ3v) is 6.06. The molecular formula is C24H23N3O2S. The molecule has 0 aliphatic carbocycles. The van der Waals surface area contributed by atoms with Crippen LogP contribution in [0, 0.1) is 6.92 Å². The van der Waals surface area contributed by atoms with Gasteiger partial charge in [0.2, 0.25) is 5.91 Å². The number of aromatic nitrogens is 2. The van der Waals surface area contributed by atoms with Gasteiger partial charge in [-0.05, 0) is 30.5 Å². The van der Waals surface area contributed by atoms with E-state index in [0.717, 1.165) is 28.8 Å². The number of amides is 1. The molecule has 0 saturated carbocycles. The van der Waals surface area contributed by atoms with Gasteiger partial charge in [-0.3, -0.25) is 14.2 Å². The van der Waals surface area contributed by atoms with Crippen molar-refractivity contribution in [1.82, 2.24) is 9.55 Å². The Labute approximate surface area is 179 Å². The predicted molar refractivity (Wildman–Crippen MR) is 123 cm³/mol. The van der Waals surface area contributed by atoms with E-state index in [-0.39, 0.29) is 24.4 Å². The third kappa shape index (κ3) is 4.04. The maximum atomic E-state index is 13.1. The lowest BCUT2D eigenvalue weighted by Crippen LogP contribution is -2.23. The van der Waals surface area contributed by atoms with Gasteiger partial charge >= 0.3 is 0 Å². The van der Waals surface area contributed by atoms with Gasteiger partial charge in [-0.25, -0.2) is 4.98 Å². The molecule has 4 rings (SSSR count). The molecule has 6 heteroatoms. The summed E-state index contributed by atoms with van der Waals surface area (Å²) < 4.78 is 1.53. The van der Waals surface area contributed by atoms with Gasteiger partial charge in [-0.15, -0.1) is 11.3 Å². The fraction of sp³-hybridized carbons (Fsp3) is 0.208. The topological polar surface area (TPSA) is 64.0 Å². The van der Waals surface area contributed by atoms with Crippen LogP contribution in [0.2, 0.25) is 0 Å². The summed E-state index contributed by atoms with van der Waals surface area (Å²) in [5.41, 5.74) is 4.86. The number of benzene rings is 2. The molecule has 0 saturated heterocycles. The average Bonchev–Trinajstić information content (AvgIpc) is 3.19. The quantitative estimate of drug-likeness (QED) is 0.479. The Morgan fingerprint density at radius 3 is 2.67 bits per heavy atom. The van der Waals surface area contributed by atoms with E-state index in [4.69, 9.17) is 0 Å². The van der Waals surface area contributed by atoms with E-state index in [1.54, 1.807) is 0 Å². The molecule has 0 radical (unpaired) electrons. The zero-order chi connectivity index (χ0) is 21.1. The number of nitrogens with zero attached hydrogens (tertiary/aromatic N) is 2. The van der Waals surface area contributed by atoms with Crippen molar-refractivity contribution in [2.75, 3.05) is 5.32 Å². The molecule has 2 aromatic carbocycles. The second-order valence-corrected chi connectivity index (χ2v) is 8.11. The second-order valence-electron chi connectivity index (χ2n) is 7.25. The monoisotopic (exact) mass is 417 g/mol. The summed E-state index contributed by atoms with van der Waals surface area (Å²) in [7, 11) is 0. The first-order chi connectivity index (χ1) is 14.6. The van der Waals surface area contributed by atoms with Crippen molar-refractivity contribution < 1.29 is 4.79 Å². The fourth-order valence-electron chi connectivity index (χ4n) is 3.46. The Hall–Kier alpha value is -3.25. The van der Waals surface area contributed by atoms with Gasteiger partial charge in [0.1, 0.15) is 4.83 Å². The molecule has 0 aliphatic rings. The molecule has 0 atom stereocenters. The van der Waals surface area contributed by atoms with Crippen LogP contribution in [0.25, 0.3) is 21.3 Å². The summed E-state index contributed by atoms with van der Waals surface area (Å²) in [4.78, 5) is 30.7. The predicted octanol–water partition coefficient (Wildman–Crippen LogP) is 5.02. The number of fused-ring (bicyclic) bond motifs is 1. The van der Waals surface area contributed by atoms with Crippen LogP contribution in [0.15, 0.2) is 65.0 Å². The molecule has 1 amide bonds. The zero-order valence-electron chi connectivity index (χ0n) is 17.0. The highest BCUT2D eigenvalue weighted by Gasteiger charge is 2.14. The first-order valence-corrected chi connectivity index (χ1v) is 10.9. The average molecular weight is 418 g/mol. The van der Waals surface area contributed by atoms with E-state index in [9.17, 15) is 9.59 Å². The molecular weight excluding hydrogens is 394 g/mol. The Balaban J connectivity index is 1.55. The Bertz CT molecular complexity index is 1260. The minimum Gasteiger partial charge on any atom is -0.326 e. The van der Waals surface area contributed by atoms with E-state index in [2.05, 4.69) is 17.2 Å². The molecule has 0 bridgehead atoms. The zero-order valence-corrected chi connectivity index (χ0v) is 17.8. The van der Waals surface area contributed by atoms with Gasteiger partial charge in [0.25, 0.3) is 5.56 Å². The maximum Gasteiger partial charge on any atom is 0.262 e. The van der Waals surface area contributed by atoms with Crippen molar-refractivity contribution in [1.29, 1.82) is 0 Å². The van der Waals surface area contributed by atoms with Crippen LogP contribution in [0.5, 0.6) is 0 Å². The van der Waals surface area contributed by atoms with E-state index in [1.807, 2.05) is 60.8 Å². The molecule has 0 fully saturated rings. The summed E-state index contributed by atoms with van der Waals surface area (Å²) in [6.45, 7) is 4.37. The number of hydrogen-bond acceptors (Lipinski definition) is 4. The Morgan fingerprint density at radius 2 is 1.90 bits per heavy atom. The summed E-state index contributed by atoms with van der Waals surface area (Å²) in [5.74, 6) is -0.119. The van der Waals surface area contributed by atoms with Crippen molar-refractivity contribution >= 4 is 33.1 Å². The number of anilines is 1. The van der Waals surface area contributed by atoms with Gasteiger partial charge in [-0.1, -0.05) is 55.0 Å². The molecule has 0 spiro atoms. The summed E-state index contributed by atoms with van der Waals surface area (Å²) in [6.07, 6.45) is 2.58. The van der Waals surface area contributed by atoms with Gasteiger partial charge in [0.15, 0.2) is 0 Å². The lowest BCUT2D eigenvalue weighted by molar-refractivity contribution is -0.116. The second kappa shape index (κ2) is 8.63. The highest BCUT2D eigenvalue weighted by atomic mass is 32.1. The Morgan fingerprint density at radius 1 is 1.13 bits per heavy atom. The van der Waals surface area contributed by atoms with Gasteiger partial charge in [-0.2, -0.15) is 0 Å². The van der Waals surface area contributed by atoms with Crippen molar-refractivity contribution in [2.45, 2.75) is 33.2 Å². The fourth-order valence-corrected chi connectivity index (χ4v) is 4.36. The van der Waals surface area contributed by atoms with Crippen LogP contribution in [0.3, 0.4) is 0 Å². The van der Waals surface area contributed by atoms with Gasteiger partial charge in [0, 0.05) is 29.6 Å². The number of carbonyl (C=O) groups is 1. The summed E-state index contributed by atoms with van der Waals surface area (Å²) in [6, 6.07) is 15.9. The van der Waals surface area contributed by atoms with Crippen LogP contribution >= 0.6 is 11.3 Å². The third-order valence-electron chi connectivity index (χ3n) is 5.18. The Kier molecular flexibility index (Phi) is 5.77. The summed E-state index contributed by atoms with van der Waals surface area (Å²) in [5, 5.41) is 5.54. The lowest BCUT2D eigenvalue weighted by atomic mass is 10.1. The molecule has 0 aliphatic heterocycles. The highest BCUT2D eigenvalue weighted by molar-refractivity contribution is 7.17. The molecule has 0 unspecified atom stereocenters. The number of rotatable bonds is 6. The van der Waals surface area contributed by atoms with Gasteiger partial charge in [0.05, 0.1) is 11.7 Å². The first kappa shape index (κ1) is 20.0. The first-order valence-electron chi connectivity index (χ1n) is 9.98. The molecule has 5 nitrogen and oxygen atoms in total. The molecule has 2 aromatic heterocycles. The van der Waals surface area contributed by atoms with Crippen molar-refractivity contribution in [3.05, 3.63) is 81.7 Å². The SMILES string of the molecule is CCc1ccccc1NC(=O)CCn1cnc2scc(-c3ccc(C)cc3)c2c1=O. The lowest BCUT2D eigenvalue weighted by Gasteiger charge is -2.10. The number of aryl methyl sites for hydroxylation is 3. The molecule has 4 aromatic rings. The smallest absolute Gasteiger partial charge is 0.262 e. The highest BCUT2D eigenvalue weighted by Crippen LogP contribution is 2.30. The normalized spacial score (nSPS) is 11.0. The van der Waals surface area contributed by atoms with Crippen LogP contribution in [0.4, 0.5) is 5.69 Å². The number of carbonyl (C=O) groups excluding carboxylic acids is 1. The van der Waals surface area contributed by atoms with Crippen molar-refractivity contribution in [3.63, 3.8) is 0 Å². The number of para-hydroxylation sites is 1. The van der Waals surface area contributed by atoms with E-state index in [0.29, 0.717) is 10.2 Å². The van der Waals surface area contributed by atoms with Crippen LogP contribution in [-0.2, 0) is 17.8 Å². The molecule has 152 valence electrons. The number of thiophene rings is 1.